The van der Waals surface area contributed by atoms with E-state index in [1.165, 1.54) is 24.3 Å². The second-order valence-corrected chi connectivity index (χ2v) is 7.21. The van der Waals surface area contributed by atoms with Crippen LogP contribution < -0.4 is 5.32 Å². The first-order valence-electron chi connectivity index (χ1n) is 7.65. The van der Waals surface area contributed by atoms with Gasteiger partial charge in [-0.1, -0.05) is 45.9 Å². The first-order chi connectivity index (χ1) is 12.9. The highest BCUT2D eigenvalue weighted by Crippen LogP contribution is 2.30. The molecule has 6 nitrogen and oxygen atoms in total. The minimum atomic E-state index is -2.68. The molecule has 1 aromatic heterocycles. The Kier molecular flexibility index (Phi) is 6.07. The predicted molar refractivity (Wildman–Crippen MR) is 102 cm³/mol. The number of hydrogen-bond donors (Lipinski definition) is 3. The first kappa shape index (κ1) is 19.3. The number of thioether (sulfide) groups is 1. The Balaban J connectivity index is 1.64. The van der Waals surface area contributed by atoms with Crippen LogP contribution in [0.25, 0.3) is 11.4 Å². The molecule has 0 unspecified atom stereocenters. The number of alkyl halides is 2. The van der Waals surface area contributed by atoms with Crippen LogP contribution in [0, 0.1) is 0 Å². The zero-order chi connectivity index (χ0) is 19.4. The number of amides is 1. The van der Waals surface area contributed by atoms with Crippen LogP contribution in [0.3, 0.4) is 0 Å². The molecular formula is C17H13BrF2N4O2S. The number of halogens is 3. The summed E-state index contributed by atoms with van der Waals surface area (Å²) in [6.45, 7) is 0. The van der Waals surface area contributed by atoms with Crippen molar-refractivity contribution in [1.82, 2.24) is 15.2 Å². The third-order valence-electron chi connectivity index (χ3n) is 3.48. The Morgan fingerprint density at radius 2 is 2.07 bits per heavy atom. The highest BCUT2D eigenvalue weighted by Gasteiger charge is 2.15. The number of para-hydroxylation sites is 1. The maximum absolute atomic E-state index is 12.9. The van der Waals surface area contributed by atoms with Gasteiger partial charge in [0.25, 0.3) is 6.43 Å². The quantitative estimate of drug-likeness (QED) is 0.473. The molecule has 0 aliphatic rings. The molecule has 3 rings (SSSR count). The molecule has 1 heterocycles. The molecule has 0 saturated carbocycles. The number of carbonyl (C=O) groups excluding carboxylic acids is 1. The number of aromatic nitrogens is 3. The van der Waals surface area contributed by atoms with Gasteiger partial charge < -0.3 is 10.4 Å². The van der Waals surface area contributed by atoms with Crippen molar-refractivity contribution in [2.75, 3.05) is 11.1 Å². The number of anilines is 1. The van der Waals surface area contributed by atoms with E-state index in [0.29, 0.717) is 16.5 Å². The Morgan fingerprint density at radius 1 is 1.30 bits per heavy atom. The average Bonchev–Trinajstić information content (AvgIpc) is 3.11. The Labute approximate surface area is 165 Å². The fourth-order valence-corrected chi connectivity index (χ4v) is 3.21. The molecule has 0 aliphatic carbocycles. The van der Waals surface area contributed by atoms with E-state index in [-0.39, 0.29) is 22.8 Å². The molecule has 3 aromatic rings. The number of benzene rings is 2. The lowest BCUT2D eigenvalue weighted by molar-refractivity contribution is -0.113. The van der Waals surface area contributed by atoms with E-state index in [0.717, 1.165) is 16.2 Å². The van der Waals surface area contributed by atoms with Crippen LogP contribution in [-0.2, 0) is 4.79 Å². The van der Waals surface area contributed by atoms with E-state index < -0.39 is 12.3 Å². The molecule has 3 N–H and O–H groups in total. The van der Waals surface area contributed by atoms with Gasteiger partial charge in [-0.05, 0) is 24.3 Å². The number of carbonyl (C=O) groups is 1. The molecule has 0 aliphatic heterocycles. The first-order valence-corrected chi connectivity index (χ1v) is 9.43. The van der Waals surface area contributed by atoms with E-state index in [9.17, 15) is 18.7 Å². The van der Waals surface area contributed by atoms with Crippen molar-refractivity contribution < 1.29 is 18.7 Å². The number of rotatable bonds is 6. The van der Waals surface area contributed by atoms with Crippen LogP contribution in [0.1, 0.15) is 12.0 Å². The lowest BCUT2D eigenvalue weighted by Gasteiger charge is -2.09. The Bertz CT molecular complexity index is 968. The van der Waals surface area contributed by atoms with Gasteiger partial charge in [-0.25, -0.2) is 13.8 Å². The summed E-state index contributed by atoms with van der Waals surface area (Å²) in [6.07, 6.45) is -2.68. The molecule has 2 aromatic carbocycles. The van der Waals surface area contributed by atoms with E-state index in [1.54, 1.807) is 18.2 Å². The number of hydrogen-bond acceptors (Lipinski definition) is 5. The maximum atomic E-state index is 12.9. The van der Waals surface area contributed by atoms with Gasteiger partial charge in [0.2, 0.25) is 11.1 Å². The van der Waals surface area contributed by atoms with Crippen molar-refractivity contribution >= 4 is 39.3 Å². The topological polar surface area (TPSA) is 90.9 Å². The average molecular weight is 455 g/mol. The second kappa shape index (κ2) is 8.49. The van der Waals surface area contributed by atoms with Gasteiger partial charge in [-0.3, -0.25) is 9.89 Å². The summed E-state index contributed by atoms with van der Waals surface area (Å²) in [7, 11) is 0. The third-order valence-corrected chi connectivity index (χ3v) is 4.82. The van der Waals surface area contributed by atoms with Crippen molar-refractivity contribution in [3.63, 3.8) is 0 Å². The summed E-state index contributed by atoms with van der Waals surface area (Å²) in [5.74, 6) is -0.129. The summed E-state index contributed by atoms with van der Waals surface area (Å²) in [5.41, 5.74) is 0.299. The second-order valence-electron chi connectivity index (χ2n) is 5.35. The lowest BCUT2D eigenvalue weighted by atomic mass is 10.2. The normalized spacial score (nSPS) is 11.0. The lowest BCUT2D eigenvalue weighted by Crippen LogP contribution is -2.15. The van der Waals surface area contributed by atoms with Crippen LogP contribution in [0.2, 0.25) is 0 Å². The minimum Gasteiger partial charge on any atom is -0.507 e. The van der Waals surface area contributed by atoms with Crippen molar-refractivity contribution in [3.05, 3.63) is 52.5 Å². The van der Waals surface area contributed by atoms with Crippen LogP contribution >= 0.6 is 27.7 Å². The molecule has 10 heteroatoms. The van der Waals surface area contributed by atoms with Gasteiger partial charge in [0.05, 0.1) is 11.3 Å². The number of phenols is 1. The van der Waals surface area contributed by atoms with Crippen molar-refractivity contribution in [2.24, 2.45) is 0 Å². The number of aromatic amines is 1. The molecule has 0 atom stereocenters. The summed E-state index contributed by atoms with van der Waals surface area (Å²) in [5, 5.41) is 19.4. The van der Waals surface area contributed by atoms with Gasteiger partial charge in [0, 0.05) is 15.7 Å². The Hall–Kier alpha value is -2.46. The van der Waals surface area contributed by atoms with Crippen LogP contribution in [0.15, 0.2) is 52.1 Å². The molecule has 0 fully saturated rings. The number of aromatic hydroxyl groups is 1. The molecule has 0 spiro atoms. The smallest absolute Gasteiger partial charge is 0.265 e. The number of nitrogens with zero attached hydrogens (tertiary/aromatic N) is 2. The zero-order valence-electron chi connectivity index (χ0n) is 13.6. The third kappa shape index (κ3) is 4.83. The number of H-pyrrole nitrogens is 1. The standard InChI is InChI=1S/C17H13BrF2N4O2S/c18-9-5-6-13(25)11(7-9)16-22-17(24-23-16)27-8-14(26)21-12-4-2-1-3-10(12)15(19)20/h1-7,15,25H,8H2,(H,21,26)(H,22,23,24). The van der Waals surface area contributed by atoms with Gasteiger partial charge in [0.1, 0.15) is 5.75 Å². The van der Waals surface area contributed by atoms with Gasteiger partial charge >= 0.3 is 0 Å². The summed E-state index contributed by atoms with van der Waals surface area (Å²) in [6, 6.07) is 10.6. The maximum Gasteiger partial charge on any atom is 0.265 e. The molecule has 1 amide bonds. The molecular weight excluding hydrogens is 442 g/mol. The van der Waals surface area contributed by atoms with Crippen LogP contribution in [-0.4, -0.2) is 31.9 Å². The van der Waals surface area contributed by atoms with E-state index in [1.807, 2.05) is 0 Å². The van der Waals surface area contributed by atoms with Gasteiger partial charge in [0.15, 0.2) is 5.82 Å². The minimum absolute atomic E-state index is 0.0345. The molecule has 140 valence electrons. The largest absolute Gasteiger partial charge is 0.507 e. The van der Waals surface area contributed by atoms with Crippen LogP contribution in [0.5, 0.6) is 5.75 Å². The van der Waals surface area contributed by atoms with E-state index in [4.69, 9.17) is 0 Å². The predicted octanol–water partition coefficient (Wildman–Crippen LogP) is 4.61. The van der Waals surface area contributed by atoms with Gasteiger partial charge in [-0.2, -0.15) is 0 Å². The zero-order valence-corrected chi connectivity index (χ0v) is 16.0. The molecule has 0 bridgehead atoms. The summed E-state index contributed by atoms with van der Waals surface area (Å²) < 4.78 is 26.7. The van der Waals surface area contributed by atoms with E-state index >= 15 is 0 Å². The fourth-order valence-electron chi connectivity index (χ4n) is 2.25. The van der Waals surface area contributed by atoms with Crippen molar-refractivity contribution in [2.45, 2.75) is 11.6 Å². The monoisotopic (exact) mass is 454 g/mol. The van der Waals surface area contributed by atoms with E-state index in [2.05, 4.69) is 36.4 Å². The molecule has 0 radical (unpaired) electrons. The van der Waals surface area contributed by atoms with Crippen molar-refractivity contribution in [1.29, 1.82) is 0 Å². The van der Waals surface area contributed by atoms with Crippen LogP contribution in [0.4, 0.5) is 14.5 Å². The highest BCUT2D eigenvalue weighted by molar-refractivity contribution is 9.10. The Morgan fingerprint density at radius 3 is 2.85 bits per heavy atom. The fraction of sp³-hybridized carbons (Fsp3) is 0.118. The van der Waals surface area contributed by atoms with Crippen molar-refractivity contribution in [3.8, 4) is 17.1 Å². The molecule has 0 saturated heterocycles. The summed E-state index contributed by atoms with van der Waals surface area (Å²) in [4.78, 5) is 16.3. The highest BCUT2D eigenvalue weighted by atomic mass is 79.9. The SMILES string of the molecule is O=C(CSc1n[nH]c(-c2cc(Br)ccc2O)n1)Nc1ccccc1C(F)F. The number of nitrogens with one attached hydrogen (secondary N) is 2. The summed E-state index contributed by atoms with van der Waals surface area (Å²) >= 11 is 4.35. The van der Waals surface area contributed by atoms with Gasteiger partial charge in [-0.15, -0.1) is 5.10 Å². The number of phenolic OH excluding ortho intramolecular Hbond substituents is 1. The molecule has 27 heavy (non-hydrogen) atoms.